The van der Waals surface area contributed by atoms with E-state index in [-0.39, 0.29) is 5.82 Å². The standard InChI is InChI=1S/C22H30FN5O/c1-13-7-10-29-20-16(13)11-17(27-21-26-14(2)12-22(3,24)28-21)19(23)18(20)15-5-4-8-25-9-6-15/h6,11-13,25H,4-5,7-10,24H2,1-3H3,(H2,26,27,28)/t13-,22?/m0/s1. The van der Waals surface area contributed by atoms with Crippen LogP contribution in [0.1, 0.15) is 57.1 Å². The molecule has 156 valence electrons. The van der Waals surface area contributed by atoms with Gasteiger partial charge in [0.2, 0.25) is 5.96 Å². The van der Waals surface area contributed by atoms with Crippen molar-refractivity contribution < 1.29 is 9.13 Å². The third-order valence-electron chi connectivity index (χ3n) is 5.62. The van der Waals surface area contributed by atoms with Gasteiger partial charge in [-0.3, -0.25) is 0 Å². The number of hydrogen-bond acceptors (Lipinski definition) is 6. The minimum atomic E-state index is -0.836. The van der Waals surface area contributed by atoms with Crippen LogP contribution in [0.25, 0.3) is 5.57 Å². The first kappa shape index (κ1) is 19.9. The van der Waals surface area contributed by atoms with Gasteiger partial charge in [0.25, 0.3) is 0 Å². The highest BCUT2D eigenvalue weighted by Crippen LogP contribution is 2.44. The SMILES string of the molecule is CC1=CC(C)(N)N=C(Nc2cc3c(c(C4=CCNCCC4)c2F)OCC[C@@H]3C)N1. The molecule has 0 amide bonds. The zero-order valence-electron chi connectivity index (χ0n) is 17.4. The second-order valence-corrected chi connectivity index (χ2v) is 8.37. The Morgan fingerprint density at radius 2 is 2.24 bits per heavy atom. The van der Waals surface area contributed by atoms with Gasteiger partial charge in [0, 0.05) is 12.2 Å². The van der Waals surface area contributed by atoms with Crippen LogP contribution in [0.4, 0.5) is 10.1 Å². The van der Waals surface area contributed by atoms with Crippen LogP contribution in [0, 0.1) is 5.82 Å². The monoisotopic (exact) mass is 399 g/mol. The lowest BCUT2D eigenvalue weighted by Gasteiger charge is -2.29. The molecule has 0 saturated carbocycles. The quantitative estimate of drug-likeness (QED) is 0.612. The number of nitrogens with zero attached hydrogens (tertiary/aromatic N) is 1. The predicted octanol–water partition coefficient (Wildman–Crippen LogP) is 3.43. The number of allylic oxidation sites excluding steroid dienone is 2. The van der Waals surface area contributed by atoms with Crippen LogP contribution in [-0.4, -0.2) is 31.3 Å². The Balaban J connectivity index is 1.79. The van der Waals surface area contributed by atoms with Crippen LogP contribution in [-0.2, 0) is 0 Å². The van der Waals surface area contributed by atoms with Crippen LogP contribution < -0.4 is 26.4 Å². The van der Waals surface area contributed by atoms with E-state index in [1.54, 1.807) is 0 Å². The van der Waals surface area contributed by atoms with Crippen molar-refractivity contribution in [3.8, 4) is 5.75 Å². The van der Waals surface area contributed by atoms with Crippen molar-refractivity contribution in [2.24, 2.45) is 10.7 Å². The van der Waals surface area contributed by atoms with E-state index in [4.69, 9.17) is 10.5 Å². The van der Waals surface area contributed by atoms with Crippen LogP contribution in [0.3, 0.4) is 0 Å². The summed E-state index contributed by atoms with van der Waals surface area (Å²) in [5.41, 5.74) is 9.22. The lowest BCUT2D eigenvalue weighted by molar-refractivity contribution is 0.270. The third kappa shape index (κ3) is 4.16. The lowest BCUT2D eigenvalue weighted by atomic mass is 9.88. The first-order valence-electron chi connectivity index (χ1n) is 10.4. The van der Waals surface area contributed by atoms with Crippen molar-refractivity contribution in [2.75, 3.05) is 25.0 Å². The smallest absolute Gasteiger partial charge is 0.202 e. The molecule has 5 N–H and O–H groups in total. The molecule has 1 aromatic rings. The van der Waals surface area contributed by atoms with Crippen LogP contribution >= 0.6 is 0 Å². The van der Waals surface area contributed by atoms with Gasteiger partial charge in [-0.2, -0.15) is 0 Å². The fraction of sp³-hybridized carbons (Fsp3) is 0.500. The maximum Gasteiger partial charge on any atom is 0.202 e. The Morgan fingerprint density at radius 3 is 3.03 bits per heavy atom. The zero-order valence-corrected chi connectivity index (χ0v) is 17.4. The van der Waals surface area contributed by atoms with Gasteiger partial charge >= 0.3 is 0 Å². The van der Waals surface area contributed by atoms with E-state index in [1.807, 2.05) is 26.0 Å². The third-order valence-corrected chi connectivity index (χ3v) is 5.62. The van der Waals surface area contributed by atoms with Gasteiger partial charge in [-0.25, -0.2) is 9.38 Å². The van der Waals surface area contributed by atoms with E-state index in [2.05, 4.69) is 33.9 Å². The van der Waals surface area contributed by atoms with Gasteiger partial charge in [0.1, 0.15) is 11.4 Å². The van der Waals surface area contributed by atoms with Crippen molar-refractivity contribution in [3.63, 3.8) is 0 Å². The molecule has 29 heavy (non-hydrogen) atoms. The minimum Gasteiger partial charge on any atom is -0.493 e. The molecule has 3 aliphatic rings. The fourth-order valence-corrected chi connectivity index (χ4v) is 4.24. The number of hydrogen-bond donors (Lipinski definition) is 4. The number of fused-ring (bicyclic) bond motifs is 1. The molecule has 1 aromatic carbocycles. The molecule has 3 aliphatic heterocycles. The first-order chi connectivity index (χ1) is 13.8. The van der Waals surface area contributed by atoms with E-state index in [1.165, 1.54) is 0 Å². The largest absolute Gasteiger partial charge is 0.493 e. The number of nitrogens with two attached hydrogens (primary N) is 1. The summed E-state index contributed by atoms with van der Waals surface area (Å²) in [5, 5.41) is 9.64. The maximum atomic E-state index is 15.8. The molecular formula is C22H30FN5O. The first-order valence-corrected chi connectivity index (χ1v) is 10.4. The summed E-state index contributed by atoms with van der Waals surface area (Å²) in [7, 11) is 0. The summed E-state index contributed by atoms with van der Waals surface area (Å²) in [6.45, 7) is 8.17. The van der Waals surface area contributed by atoms with E-state index < -0.39 is 5.66 Å². The van der Waals surface area contributed by atoms with Gasteiger partial charge < -0.3 is 26.4 Å². The number of nitrogens with one attached hydrogen (secondary N) is 3. The molecule has 4 rings (SSSR count). The zero-order chi connectivity index (χ0) is 20.6. The molecular weight excluding hydrogens is 369 g/mol. The molecule has 0 saturated heterocycles. The van der Waals surface area contributed by atoms with Crippen molar-refractivity contribution >= 4 is 17.2 Å². The van der Waals surface area contributed by atoms with Gasteiger partial charge in [0.05, 0.1) is 17.9 Å². The molecule has 2 atom stereocenters. The Kier molecular flexibility index (Phi) is 5.36. The average molecular weight is 400 g/mol. The number of aliphatic imine (C=N–C) groups is 1. The minimum absolute atomic E-state index is 0.297. The Morgan fingerprint density at radius 1 is 1.41 bits per heavy atom. The molecule has 6 nitrogen and oxygen atoms in total. The topological polar surface area (TPSA) is 83.7 Å². The fourth-order valence-electron chi connectivity index (χ4n) is 4.24. The number of benzene rings is 1. The van der Waals surface area contributed by atoms with Gasteiger partial charge in [-0.1, -0.05) is 13.0 Å². The number of rotatable bonds is 2. The number of guanidine groups is 1. The Bertz CT molecular complexity index is 903. The average Bonchev–Trinajstić information content (AvgIpc) is 2.91. The molecule has 0 bridgehead atoms. The van der Waals surface area contributed by atoms with Crippen molar-refractivity contribution in [2.45, 2.75) is 51.6 Å². The molecule has 1 unspecified atom stereocenters. The van der Waals surface area contributed by atoms with Crippen molar-refractivity contribution in [3.05, 3.63) is 40.9 Å². The van der Waals surface area contributed by atoms with Gasteiger partial charge in [-0.05, 0) is 68.9 Å². The number of anilines is 1. The summed E-state index contributed by atoms with van der Waals surface area (Å²) in [4.78, 5) is 4.46. The van der Waals surface area contributed by atoms with Gasteiger partial charge in [-0.15, -0.1) is 0 Å². The Labute approximate surface area is 171 Å². The van der Waals surface area contributed by atoms with E-state index in [9.17, 15) is 0 Å². The summed E-state index contributed by atoms with van der Waals surface area (Å²) in [6, 6.07) is 1.86. The van der Waals surface area contributed by atoms with Crippen LogP contribution in [0.15, 0.2) is 28.9 Å². The summed E-state index contributed by atoms with van der Waals surface area (Å²) < 4.78 is 21.8. The summed E-state index contributed by atoms with van der Waals surface area (Å²) in [5.74, 6) is 1.13. The summed E-state index contributed by atoms with van der Waals surface area (Å²) >= 11 is 0. The van der Waals surface area contributed by atoms with Crippen LogP contribution in [0.2, 0.25) is 0 Å². The lowest BCUT2D eigenvalue weighted by Crippen LogP contribution is -2.43. The highest BCUT2D eigenvalue weighted by atomic mass is 19.1. The Hall–Kier alpha value is -2.38. The molecule has 7 heteroatoms. The van der Waals surface area contributed by atoms with Crippen LogP contribution in [0.5, 0.6) is 5.75 Å². The van der Waals surface area contributed by atoms with Crippen molar-refractivity contribution in [1.82, 2.24) is 10.6 Å². The normalized spacial score (nSPS) is 26.8. The second kappa shape index (κ2) is 7.80. The van der Waals surface area contributed by atoms with Crippen molar-refractivity contribution in [1.29, 1.82) is 0 Å². The maximum absolute atomic E-state index is 15.8. The molecule has 0 radical (unpaired) electrons. The van der Waals surface area contributed by atoms with E-state index in [0.717, 1.165) is 49.2 Å². The highest BCUT2D eigenvalue weighted by Gasteiger charge is 2.29. The molecule has 0 aliphatic carbocycles. The van der Waals surface area contributed by atoms with Gasteiger partial charge in [0.15, 0.2) is 5.82 Å². The highest BCUT2D eigenvalue weighted by molar-refractivity contribution is 5.96. The number of halogens is 1. The number of ether oxygens (including phenoxy) is 1. The van der Waals surface area contributed by atoms with E-state index >= 15 is 4.39 Å². The molecule has 3 heterocycles. The second-order valence-electron chi connectivity index (χ2n) is 8.37. The van der Waals surface area contributed by atoms with E-state index in [0.29, 0.717) is 35.5 Å². The molecule has 0 fully saturated rings. The molecule has 0 spiro atoms. The molecule has 0 aromatic heterocycles. The summed E-state index contributed by atoms with van der Waals surface area (Å²) in [6.07, 6.45) is 6.63. The predicted molar refractivity (Wildman–Crippen MR) is 116 cm³/mol.